The second-order valence-corrected chi connectivity index (χ2v) is 8.76. The first-order chi connectivity index (χ1) is 13.3. The largest absolute Gasteiger partial charge is 0.255 e. The number of nitrogens with two attached hydrogens (primary N) is 1. The van der Waals surface area contributed by atoms with Gasteiger partial charge in [-0.3, -0.25) is 4.98 Å². The maximum atomic E-state index is 11.4. The summed E-state index contributed by atoms with van der Waals surface area (Å²) in [4.78, 5) is 9.07. The molecule has 2 N–H and O–H groups in total. The van der Waals surface area contributed by atoms with Gasteiger partial charge in [-0.25, -0.2) is 23.2 Å². The highest BCUT2D eigenvalue weighted by Gasteiger charge is 2.18. The molecule has 0 aliphatic rings. The molecule has 0 saturated carbocycles. The highest BCUT2D eigenvalue weighted by Crippen LogP contribution is 2.34. The van der Waals surface area contributed by atoms with Gasteiger partial charge < -0.3 is 0 Å². The van der Waals surface area contributed by atoms with Crippen molar-refractivity contribution >= 4 is 33.0 Å². The van der Waals surface area contributed by atoms with Gasteiger partial charge in [-0.2, -0.15) is 5.10 Å². The summed E-state index contributed by atoms with van der Waals surface area (Å²) in [6.07, 6.45) is 3.20. The van der Waals surface area contributed by atoms with Crippen molar-refractivity contribution in [3.05, 3.63) is 65.1 Å². The minimum Gasteiger partial charge on any atom is -0.252 e. The van der Waals surface area contributed by atoms with E-state index in [1.807, 2.05) is 37.4 Å². The number of thiazole rings is 1. The molecule has 7 nitrogen and oxygen atoms in total. The third-order valence-corrected chi connectivity index (χ3v) is 6.15. The van der Waals surface area contributed by atoms with Crippen LogP contribution in [0.3, 0.4) is 0 Å². The molecular weight excluding hydrogens is 418 g/mol. The number of benzene rings is 1. The van der Waals surface area contributed by atoms with E-state index >= 15 is 0 Å². The van der Waals surface area contributed by atoms with E-state index < -0.39 is 10.0 Å². The summed E-state index contributed by atoms with van der Waals surface area (Å²) in [6, 6.07) is 10.9. The first-order valence-electron chi connectivity index (χ1n) is 8.08. The van der Waals surface area contributed by atoms with Crippen molar-refractivity contribution in [3.63, 3.8) is 0 Å². The number of hydrogen-bond acceptors (Lipinski definition) is 6. The number of nitrogens with zero attached hydrogens (tertiary/aromatic N) is 4. The Morgan fingerprint density at radius 3 is 2.36 bits per heavy atom. The van der Waals surface area contributed by atoms with Crippen LogP contribution in [-0.4, -0.2) is 28.2 Å². The van der Waals surface area contributed by atoms with Gasteiger partial charge >= 0.3 is 0 Å². The molecule has 0 unspecified atom stereocenters. The number of rotatable bonds is 4. The quantitative estimate of drug-likeness (QED) is 0.531. The van der Waals surface area contributed by atoms with Crippen LogP contribution < -0.4 is 5.14 Å². The summed E-state index contributed by atoms with van der Waals surface area (Å²) >= 11 is 8.17. The fourth-order valence-corrected chi connectivity index (χ4v) is 4.29. The highest BCUT2D eigenvalue weighted by atomic mass is 35.5. The van der Waals surface area contributed by atoms with Crippen molar-refractivity contribution in [2.24, 2.45) is 5.14 Å². The second-order valence-electron chi connectivity index (χ2n) is 6.01. The van der Waals surface area contributed by atoms with Gasteiger partial charge in [0.25, 0.3) is 10.0 Å². The summed E-state index contributed by atoms with van der Waals surface area (Å²) in [5.74, 6) is 0. The molecule has 3 heterocycles. The maximum absolute atomic E-state index is 11.4. The normalized spacial score (nSPS) is 11.7. The third-order valence-electron chi connectivity index (χ3n) is 4.15. The molecule has 0 atom stereocenters. The predicted octanol–water partition coefficient (Wildman–Crippen LogP) is 3.67. The molecule has 0 spiro atoms. The Bertz CT molecular complexity index is 1230. The molecule has 1 aromatic carbocycles. The van der Waals surface area contributed by atoms with Crippen molar-refractivity contribution in [2.45, 2.75) is 11.9 Å². The Morgan fingerprint density at radius 2 is 1.79 bits per heavy atom. The minimum absolute atomic E-state index is 0.213. The fourth-order valence-electron chi connectivity index (χ4n) is 2.82. The zero-order valence-corrected chi connectivity index (χ0v) is 17.0. The van der Waals surface area contributed by atoms with Crippen LogP contribution >= 0.6 is 22.9 Å². The molecule has 4 rings (SSSR count). The van der Waals surface area contributed by atoms with Crippen LogP contribution in [0, 0.1) is 6.92 Å². The van der Waals surface area contributed by atoms with Gasteiger partial charge in [-0.1, -0.05) is 35.9 Å². The van der Waals surface area contributed by atoms with E-state index in [1.165, 1.54) is 16.9 Å². The van der Waals surface area contributed by atoms with Crippen LogP contribution in [0.4, 0.5) is 0 Å². The molecule has 142 valence electrons. The Morgan fingerprint density at radius 1 is 1.07 bits per heavy atom. The average molecular weight is 432 g/mol. The number of hydrogen-bond donors (Lipinski definition) is 1. The van der Waals surface area contributed by atoms with Crippen LogP contribution in [0.1, 0.15) is 5.69 Å². The van der Waals surface area contributed by atoms with Crippen molar-refractivity contribution in [2.75, 3.05) is 0 Å². The van der Waals surface area contributed by atoms with E-state index in [4.69, 9.17) is 16.7 Å². The van der Waals surface area contributed by atoms with Gasteiger partial charge in [0.15, 0.2) is 5.03 Å². The van der Waals surface area contributed by atoms with Crippen molar-refractivity contribution in [1.82, 2.24) is 19.7 Å². The molecule has 0 fully saturated rings. The van der Waals surface area contributed by atoms with Gasteiger partial charge in [0.05, 0.1) is 28.0 Å². The van der Waals surface area contributed by atoms with Crippen LogP contribution in [0.2, 0.25) is 5.15 Å². The molecule has 3 aromatic heterocycles. The van der Waals surface area contributed by atoms with E-state index in [0.717, 1.165) is 27.3 Å². The number of aryl methyl sites for hydroxylation is 1. The van der Waals surface area contributed by atoms with E-state index in [2.05, 4.69) is 15.1 Å². The molecule has 0 amide bonds. The maximum Gasteiger partial charge on any atom is 0.255 e. The topological polar surface area (TPSA) is 104 Å². The molecule has 4 aromatic rings. The average Bonchev–Trinajstić information content (AvgIpc) is 3.30. The Labute approximate surface area is 170 Å². The Balaban J connectivity index is 1.72. The third kappa shape index (κ3) is 3.45. The van der Waals surface area contributed by atoms with Crippen LogP contribution in [-0.2, 0) is 10.0 Å². The molecule has 10 heteroatoms. The molecule has 28 heavy (non-hydrogen) atoms. The summed E-state index contributed by atoms with van der Waals surface area (Å²) in [6.45, 7) is 1.86. The fraction of sp³-hybridized carbons (Fsp3) is 0.0556. The number of aromatic nitrogens is 4. The number of pyridine rings is 1. The van der Waals surface area contributed by atoms with Gasteiger partial charge in [0, 0.05) is 11.8 Å². The van der Waals surface area contributed by atoms with Crippen LogP contribution in [0.5, 0.6) is 0 Å². The smallest absolute Gasteiger partial charge is 0.252 e. The lowest BCUT2D eigenvalue weighted by Gasteiger charge is -2.05. The highest BCUT2D eigenvalue weighted by molar-refractivity contribution is 7.89. The lowest BCUT2D eigenvalue weighted by molar-refractivity contribution is 0.594. The molecule has 0 bridgehead atoms. The number of halogens is 1. The molecule has 0 aliphatic heterocycles. The van der Waals surface area contributed by atoms with Crippen LogP contribution in [0.15, 0.2) is 59.3 Å². The summed E-state index contributed by atoms with van der Waals surface area (Å²) in [5, 5.41) is 9.76. The van der Waals surface area contributed by atoms with Crippen molar-refractivity contribution in [3.8, 4) is 27.3 Å². The Kier molecular flexibility index (Phi) is 4.76. The van der Waals surface area contributed by atoms with Gasteiger partial charge in [0.1, 0.15) is 5.15 Å². The number of sulfonamides is 1. The van der Waals surface area contributed by atoms with Gasteiger partial charge in [-0.15, -0.1) is 11.3 Å². The zero-order chi connectivity index (χ0) is 19.9. The van der Waals surface area contributed by atoms with E-state index in [-0.39, 0.29) is 5.03 Å². The molecule has 0 aliphatic carbocycles. The van der Waals surface area contributed by atoms with Gasteiger partial charge in [-0.05, 0) is 30.2 Å². The van der Waals surface area contributed by atoms with Crippen LogP contribution in [0.25, 0.3) is 27.3 Å². The summed E-state index contributed by atoms with van der Waals surface area (Å²) in [7, 11) is -3.86. The SMILES string of the molecule is Cc1nn(-c2ccc(S(N)(=O)=O)nc2)c(Cl)c1-c1ccc(-c2cncs2)cc1. The lowest BCUT2D eigenvalue weighted by Crippen LogP contribution is -2.14. The van der Waals surface area contributed by atoms with Crippen molar-refractivity contribution in [1.29, 1.82) is 0 Å². The lowest BCUT2D eigenvalue weighted by atomic mass is 10.0. The monoisotopic (exact) mass is 431 g/mol. The zero-order valence-electron chi connectivity index (χ0n) is 14.6. The predicted molar refractivity (Wildman–Crippen MR) is 109 cm³/mol. The summed E-state index contributed by atoms with van der Waals surface area (Å²) in [5.41, 5.74) is 5.88. The van der Waals surface area contributed by atoms with E-state index in [0.29, 0.717) is 10.8 Å². The minimum atomic E-state index is -3.86. The molecule has 0 saturated heterocycles. The standard InChI is InChI=1S/C18H14ClN5O2S2/c1-11-17(13-4-2-12(3-5-13)15-9-21-10-27-15)18(19)24(23-11)14-6-7-16(22-8-14)28(20,25)26/h2-10H,1H3,(H2,20,25,26). The molecular formula is C18H14ClN5O2S2. The molecule has 0 radical (unpaired) electrons. The van der Waals surface area contributed by atoms with Crippen molar-refractivity contribution < 1.29 is 8.42 Å². The number of primary sulfonamides is 1. The Hall–Kier alpha value is -2.59. The van der Waals surface area contributed by atoms with Gasteiger partial charge in [0.2, 0.25) is 0 Å². The summed E-state index contributed by atoms with van der Waals surface area (Å²) < 4.78 is 24.3. The first-order valence-corrected chi connectivity index (χ1v) is 10.9. The van der Waals surface area contributed by atoms with E-state index in [1.54, 1.807) is 22.9 Å². The first kappa shape index (κ1) is 18.8. The van der Waals surface area contributed by atoms with E-state index in [9.17, 15) is 8.42 Å². The second kappa shape index (κ2) is 7.10.